The third-order valence-electron chi connectivity index (χ3n) is 5.48. The lowest BCUT2D eigenvalue weighted by Gasteiger charge is -2.15. The van der Waals surface area contributed by atoms with Crippen molar-refractivity contribution < 1.29 is 14.3 Å². The Labute approximate surface area is 172 Å². The van der Waals surface area contributed by atoms with Crippen LogP contribution in [-0.4, -0.2) is 35.2 Å². The number of rotatable bonds is 4. The van der Waals surface area contributed by atoms with Crippen molar-refractivity contribution in [3.05, 3.63) is 54.6 Å². The predicted molar refractivity (Wildman–Crippen MR) is 115 cm³/mol. The number of fused-ring (bicyclic) bond motifs is 2. The summed E-state index contributed by atoms with van der Waals surface area (Å²) in [6.45, 7) is 0. The number of hydrogen-bond acceptors (Lipinski definition) is 4. The minimum atomic E-state index is -0.526. The molecule has 1 fully saturated rings. The molecule has 2 amide bonds. The largest absolute Gasteiger partial charge is 0.494 e. The molecule has 1 saturated heterocycles. The minimum absolute atomic E-state index is 0.106. The highest BCUT2D eigenvalue weighted by Crippen LogP contribution is 2.39. The Bertz CT molecular complexity index is 1290. The van der Waals surface area contributed by atoms with Crippen molar-refractivity contribution in [1.29, 1.82) is 0 Å². The number of methoxy groups -OCH3 is 1. The number of nitrogens with one attached hydrogen (secondary N) is 3. The van der Waals surface area contributed by atoms with Gasteiger partial charge in [0.25, 0.3) is 0 Å². The highest BCUT2D eigenvalue weighted by Gasteiger charge is 2.28. The molecule has 0 radical (unpaired) electrons. The highest BCUT2D eigenvalue weighted by molar-refractivity contribution is 6.06. The fourth-order valence-corrected chi connectivity index (χ4v) is 3.97. The molecule has 7 heteroatoms. The zero-order valence-corrected chi connectivity index (χ0v) is 16.4. The third-order valence-corrected chi connectivity index (χ3v) is 5.48. The third kappa shape index (κ3) is 3.04. The van der Waals surface area contributed by atoms with Crippen molar-refractivity contribution in [3.63, 3.8) is 0 Å². The maximum Gasteiger partial charge on any atom is 0.247 e. The van der Waals surface area contributed by atoms with Gasteiger partial charge in [-0.3, -0.25) is 14.7 Å². The molecule has 2 heterocycles. The van der Waals surface area contributed by atoms with Gasteiger partial charge < -0.3 is 15.4 Å². The first-order valence-corrected chi connectivity index (χ1v) is 9.78. The molecule has 3 N–H and O–H groups in total. The van der Waals surface area contributed by atoms with E-state index in [-0.39, 0.29) is 11.8 Å². The number of amides is 2. The van der Waals surface area contributed by atoms with Gasteiger partial charge in [0.2, 0.25) is 11.8 Å². The number of nitrogens with zero attached hydrogens (tertiary/aromatic N) is 1. The van der Waals surface area contributed by atoms with Crippen LogP contribution in [-0.2, 0) is 9.59 Å². The lowest BCUT2D eigenvalue weighted by Crippen LogP contribution is -2.37. The van der Waals surface area contributed by atoms with Crippen molar-refractivity contribution in [3.8, 4) is 17.0 Å². The van der Waals surface area contributed by atoms with Crippen molar-refractivity contribution in [1.82, 2.24) is 15.5 Å². The van der Waals surface area contributed by atoms with E-state index in [1.165, 1.54) is 0 Å². The molecule has 1 atom stereocenters. The standard InChI is InChI=1S/C23H20N4O3/c1-30-22-17(25-23(29)18-10-11-19(28)24-18)9-8-16-20(22)21(27-26-16)15-7-6-13-4-2-3-5-14(13)12-15/h2-9,12,18H,10-11H2,1H3,(H,24,28)(H,25,29)(H,26,27)/t18-/m1/s1. The fraction of sp³-hybridized carbons (Fsp3) is 0.174. The average molecular weight is 400 g/mol. The minimum Gasteiger partial charge on any atom is -0.494 e. The van der Waals surface area contributed by atoms with Gasteiger partial charge in [-0.15, -0.1) is 0 Å². The van der Waals surface area contributed by atoms with Crippen LogP contribution in [0.1, 0.15) is 12.8 Å². The van der Waals surface area contributed by atoms with E-state index in [4.69, 9.17) is 4.74 Å². The molecule has 0 saturated carbocycles. The molecule has 30 heavy (non-hydrogen) atoms. The number of H-pyrrole nitrogens is 1. The number of carbonyl (C=O) groups excluding carboxylic acids is 2. The summed E-state index contributed by atoms with van der Waals surface area (Å²) in [6, 6.07) is 17.4. The van der Waals surface area contributed by atoms with E-state index >= 15 is 0 Å². The second-order valence-electron chi connectivity index (χ2n) is 7.35. The Morgan fingerprint density at radius 3 is 2.73 bits per heavy atom. The van der Waals surface area contributed by atoms with Gasteiger partial charge in [0.05, 0.1) is 23.7 Å². The van der Waals surface area contributed by atoms with E-state index in [2.05, 4.69) is 45.1 Å². The topological polar surface area (TPSA) is 96.1 Å². The van der Waals surface area contributed by atoms with Crippen LogP contribution in [0.5, 0.6) is 5.75 Å². The van der Waals surface area contributed by atoms with E-state index in [0.717, 1.165) is 32.9 Å². The molecule has 1 aliphatic rings. The Kier molecular flexibility index (Phi) is 4.35. The van der Waals surface area contributed by atoms with Gasteiger partial charge in [-0.25, -0.2) is 0 Å². The van der Waals surface area contributed by atoms with Gasteiger partial charge >= 0.3 is 0 Å². The Morgan fingerprint density at radius 2 is 1.97 bits per heavy atom. The molecule has 0 unspecified atom stereocenters. The number of benzene rings is 3. The molecule has 4 aromatic rings. The van der Waals surface area contributed by atoms with Gasteiger partial charge in [0.15, 0.2) is 5.75 Å². The molecule has 0 aliphatic carbocycles. The first-order valence-electron chi connectivity index (χ1n) is 9.78. The monoisotopic (exact) mass is 400 g/mol. The number of aromatic nitrogens is 2. The summed E-state index contributed by atoms with van der Waals surface area (Å²) < 4.78 is 5.69. The molecular formula is C23H20N4O3. The first-order chi connectivity index (χ1) is 14.6. The number of aromatic amines is 1. The lowest BCUT2D eigenvalue weighted by atomic mass is 10.0. The van der Waals surface area contributed by atoms with Gasteiger partial charge in [-0.1, -0.05) is 36.4 Å². The quantitative estimate of drug-likeness (QED) is 0.488. The van der Waals surface area contributed by atoms with Crippen molar-refractivity contribution in [2.75, 3.05) is 12.4 Å². The van der Waals surface area contributed by atoms with Crippen molar-refractivity contribution in [2.24, 2.45) is 0 Å². The summed E-state index contributed by atoms with van der Waals surface area (Å²) in [5, 5.41) is 16.2. The summed E-state index contributed by atoms with van der Waals surface area (Å²) in [6.07, 6.45) is 0.853. The van der Waals surface area contributed by atoms with Gasteiger partial charge in [-0.05, 0) is 35.4 Å². The SMILES string of the molecule is COc1c(NC(=O)[C@H]2CCC(=O)N2)ccc2[nH]nc(-c3ccc4ccccc4c3)c12. The first kappa shape index (κ1) is 18.2. The Morgan fingerprint density at radius 1 is 1.13 bits per heavy atom. The summed E-state index contributed by atoms with van der Waals surface area (Å²) in [5.74, 6) is 0.169. The lowest BCUT2D eigenvalue weighted by molar-refractivity contribution is -0.122. The Hall–Kier alpha value is -3.87. The van der Waals surface area contributed by atoms with Crippen LogP contribution in [0.4, 0.5) is 5.69 Å². The normalized spacial score (nSPS) is 16.0. The van der Waals surface area contributed by atoms with Crippen LogP contribution in [0.25, 0.3) is 32.9 Å². The smallest absolute Gasteiger partial charge is 0.247 e. The van der Waals surface area contributed by atoms with Gasteiger partial charge in [0.1, 0.15) is 11.7 Å². The van der Waals surface area contributed by atoms with Crippen LogP contribution < -0.4 is 15.4 Å². The molecule has 150 valence electrons. The molecule has 1 aliphatic heterocycles. The van der Waals surface area contributed by atoms with E-state index in [1.807, 2.05) is 24.3 Å². The van der Waals surface area contributed by atoms with Crippen LogP contribution in [0.15, 0.2) is 54.6 Å². The molecular weight excluding hydrogens is 380 g/mol. The van der Waals surface area contributed by atoms with Crippen LogP contribution >= 0.6 is 0 Å². The van der Waals surface area contributed by atoms with Gasteiger partial charge in [-0.2, -0.15) is 5.10 Å². The van der Waals surface area contributed by atoms with Crippen LogP contribution in [0.3, 0.4) is 0 Å². The molecule has 3 aromatic carbocycles. The van der Waals surface area contributed by atoms with Crippen LogP contribution in [0, 0.1) is 0 Å². The molecule has 0 spiro atoms. The predicted octanol–water partition coefficient (Wildman–Crippen LogP) is 3.61. The molecule has 1 aromatic heterocycles. The van der Waals surface area contributed by atoms with Gasteiger partial charge in [0, 0.05) is 12.0 Å². The second kappa shape index (κ2) is 7.18. The zero-order chi connectivity index (χ0) is 20.7. The molecule has 0 bridgehead atoms. The van der Waals surface area contributed by atoms with E-state index in [0.29, 0.717) is 24.3 Å². The highest BCUT2D eigenvalue weighted by atomic mass is 16.5. The number of anilines is 1. The van der Waals surface area contributed by atoms with E-state index in [9.17, 15) is 9.59 Å². The molecule has 7 nitrogen and oxygen atoms in total. The number of hydrogen-bond donors (Lipinski definition) is 3. The summed E-state index contributed by atoms with van der Waals surface area (Å²) >= 11 is 0. The maximum atomic E-state index is 12.6. The number of ether oxygens (including phenoxy) is 1. The van der Waals surface area contributed by atoms with E-state index in [1.54, 1.807) is 13.2 Å². The summed E-state index contributed by atoms with van der Waals surface area (Å²) in [5.41, 5.74) is 3.05. The zero-order valence-electron chi connectivity index (χ0n) is 16.4. The maximum absolute atomic E-state index is 12.6. The average Bonchev–Trinajstić information content (AvgIpc) is 3.40. The van der Waals surface area contributed by atoms with Crippen molar-refractivity contribution in [2.45, 2.75) is 18.9 Å². The van der Waals surface area contributed by atoms with Crippen LogP contribution in [0.2, 0.25) is 0 Å². The van der Waals surface area contributed by atoms with E-state index < -0.39 is 6.04 Å². The molecule has 5 rings (SSSR count). The Balaban J connectivity index is 1.57. The van der Waals surface area contributed by atoms with Crippen molar-refractivity contribution >= 4 is 39.2 Å². The fourth-order valence-electron chi connectivity index (χ4n) is 3.97. The summed E-state index contributed by atoms with van der Waals surface area (Å²) in [7, 11) is 1.57. The second-order valence-corrected chi connectivity index (χ2v) is 7.35. The number of carbonyl (C=O) groups is 2. The summed E-state index contributed by atoms with van der Waals surface area (Å²) in [4.78, 5) is 24.0.